The minimum Gasteiger partial charge on any atom is -0.333 e. The first-order valence-corrected chi connectivity index (χ1v) is 6.78. The molecule has 3 rings (SSSR count). The zero-order chi connectivity index (χ0) is 13.9. The molecule has 0 radical (unpaired) electrons. The molecule has 1 aliphatic rings. The van der Waals surface area contributed by atoms with Gasteiger partial charge in [0.1, 0.15) is 0 Å². The van der Waals surface area contributed by atoms with Crippen LogP contribution in [0, 0.1) is 0 Å². The number of carbonyl (C=O) groups is 1. The molecule has 6 nitrogen and oxygen atoms in total. The molecule has 1 fully saturated rings. The number of likely N-dealkylation sites (tertiary alicyclic amines) is 1. The normalized spacial score (nSPS) is 17.6. The zero-order valence-electron chi connectivity index (χ0n) is 11.6. The first kappa shape index (κ1) is 15.5. The van der Waals surface area contributed by atoms with Crippen LogP contribution in [0.3, 0.4) is 0 Å². The lowest BCUT2D eigenvalue weighted by atomic mass is 10.2. The second kappa shape index (κ2) is 6.69. The number of hydrogen-bond acceptors (Lipinski definition) is 4. The lowest BCUT2D eigenvalue weighted by Gasteiger charge is -2.22. The highest BCUT2D eigenvalue weighted by atomic mass is 35.5. The molecule has 1 saturated heterocycles. The van der Waals surface area contributed by atoms with Gasteiger partial charge in [0.25, 0.3) is 5.91 Å². The minimum absolute atomic E-state index is 0. The number of aromatic nitrogens is 3. The molecule has 1 amide bonds. The summed E-state index contributed by atoms with van der Waals surface area (Å²) < 4.78 is 0. The maximum absolute atomic E-state index is 12.4. The van der Waals surface area contributed by atoms with Gasteiger partial charge in [-0.15, -0.1) is 17.5 Å². The zero-order valence-corrected chi connectivity index (χ0v) is 12.4. The molecule has 21 heavy (non-hydrogen) atoms. The SMILES string of the molecule is Cl.NCC1CCCN1C(=O)c1cnn(-c2ccccc2)n1. The number of nitrogens with zero attached hydrogens (tertiary/aromatic N) is 4. The van der Waals surface area contributed by atoms with Crippen LogP contribution in [0.5, 0.6) is 0 Å². The molecule has 1 atom stereocenters. The van der Waals surface area contributed by atoms with Crippen molar-refractivity contribution in [1.82, 2.24) is 19.9 Å². The summed E-state index contributed by atoms with van der Waals surface area (Å²) in [5.74, 6) is -0.0832. The lowest BCUT2D eigenvalue weighted by Crippen LogP contribution is -2.40. The van der Waals surface area contributed by atoms with Crippen molar-refractivity contribution in [2.24, 2.45) is 5.73 Å². The fourth-order valence-corrected chi connectivity index (χ4v) is 2.54. The quantitative estimate of drug-likeness (QED) is 0.926. The number of para-hydroxylation sites is 1. The van der Waals surface area contributed by atoms with E-state index in [4.69, 9.17) is 5.73 Å². The Kier molecular flexibility index (Phi) is 4.93. The maximum Gasteiger partial charge on any atom is 0.276 e. The molecule has 1 unspecified atom stereocenters. The lowest BCUT2D eigenvalue weighted by molar-refractivity contribution is 0.0734. The Morgan fingerprint density at radius 3 is 2.81 bits per heavy atom. The van der Waals surface area contributed by atoms with Gasteiger partial charge in [0, 0.05) is 19.1 Å². The molecular weight excluding hydrogens is 290 g/mol. The Morgan fingerprint density at radius 1 is 1.33 bits per heavy atom. The number of nitrogens with two attached hydrogens (primary N) is 1. The summed E-state index contributed by atoms with van der Waals surface area (Å²) in [5.41, 5.74) is 6.91. The first-order chi connectivity index (χ1) is 9.79. The van der Waals surface area contributed by atoms with Gasteiger partial charge in [-0.05, 0) is 25.0 Å². The fraction of sp³-hybridized carbons (Fsp3) is 0.357. The Hall–Kier alpha value is -1.92. The largest absolute Gasteiger partial charge is 0.333 e. The van der Waals surface area contributed by atoms with Gasteiger partial charge in [0.15, 0.2) is 5.69 Å². The summed E-state index contributed by atoms with van der Waals surface area (Å²) in [6, 6.07) is 9.66. The highest BCUT2D eigenvalue weighted by molar-refractivity contribution is 5.92. The number of rotatable bonds is 3. The van der Waals surface area contributed by atoms with Crippen molar-refractivity contribution in [3.8, 4) is 5.69 Å². The molecule has 1 aliphatic heterocycles. The van der Waals surface area contributed by atoms with Crippen LogP contribution in [-0.2, 0) is 0 Å². The van der Waals surface area contributed by atoms with Crippen molar-refractivity contribution in [3.63, 3.8) is 0 Å². The third-order valence-corrected chi connectivity index (χ3v) is 3.61. The van der Waals surface area contributed by atoms with E-state index in [9.17, 15) is 4.79 Å². The van der Waals surface area contributed by atoms with Gasteiger partial charge in [-0.1, -0.05) is 18.2 Å². The van der Waals surface area contributed by atoms with Crippen LogP contribution in [0.4, 0.5) is 0 Å². The van der Waals surface area contributed by atoms with E-state index in [0.717, 1.165) is 25.1 Å². The van der Waals surface area contributed by atoms with Crippen LogP contribution in [0.15, 0.2) is 36.5 Å². The number of halogens is 1. The molecule has 0 saturated carbocycles. The monoisotopic (exact) mass is 307 g/mol. The number of benzene rings is 1. The molecule has 112 valence electrons. The predicted octanol–water partition coefficient (Wildman–Crippen LogP) is 1.25. The highest BCUT2D eigenvalue weighted by Gasteiger charge is 2.29. The van der Waals surface area contributed by atoms with Crippen LogP contribution < -0.4 is 5.73 Å². The van der Waals surface area contributed by atoms with E-state index in [-0.39, 0.29) is 24.4 Å². The van der Waals surface area contributed by atoms with Gasteiger partial charge < -0.3 is 10.6 Å². The number of hydrogen-bond donors (Lipinski definition) is 1. The van der Waals surface area contributed by atoms with Gasteiger partial charge in [-0.2, -0.15) is 9.90 Å². The van der Waals surface area contributed by atoms with Crippen molar-refractivity contribution in [2.75, 3.05) is 13.1 Å². The van der Waals surface area contributed by atoms with Crippen LogP contribution in [0.2, 0.25) is 0 Å². The fourth-order valence-electron chi connectivity index (χ4n) is 2.54. The Bertz CT molecular complexity index is 600. The van der Waals surface area contributed by atoms with Crippen molar-refractivity contribution in [3.05, 3.63) is 42.2 Å². The molecule has 7 heteroatoms. The topological polar surface area (TPSA) is 77.0 Å². The van der Waals surface area contributed by atoms with Gasteiger partial charge in [0.2, 0.25) is 0 Å². The van der Waals surface area contributed by atoms with Crippen molar-refractivity contribution in [1.29, 1.82) is 0 Å². The average Bonchev–Trinajstić information content (AvgIpc) is 3.16. The van der Waals surface area contributed by atoms with Gasteiger partial charge in [-0.3, -0.25) is 4.79 Å². The molecule has 2 heterocycles. The van der Waals surface area contributed by atoms with Crippen LogP contribution in [0.25, 0.3) is 5.69 Å². The van der Waals surface area contributed by atoms with Gasteiger partial charge in [0.05, 0.1) is 11.9 Å². The van der Waals surface area contributed by atoms with Gasteiger partial charge >= 0.3 is 0 Å². The third kappa shape index (κ3) is 3.06. The molecule has 1 aromatic heterocycles. The molecule has 0 aliphatic carbocycles. The van der Waals surface area contributed by atoms with Crippen molar-refractivity contribution < 1.29 is 4.79 Å². The summed E-state index contributed by atoms with van der Waals surface area (Å²) in [7, 11) is 0. The number of carbonyl (C=O) groups excluding carboxylic acids is 1. The van der Waals surface area contributed by atoms with E-state index in [0.29, 0.717) is 12.2 Å². The van der Waals surface area contributed by atoms with E-state index in [2.05, 4.69) is 10.2 Å². The van der Waals surface area contributed by atoms with Crippen LogP contribution in [0.1, 0.15) is 23.3 Å². The predicted molar refractivity (Wildman–Crippen MR) is 81.7 cm³/mol. The molecule has 2 N–H and O–H groups in total. The standard InChI is InChI=1S/C14H17N5O.ClH/c15-9-12-7-4-8-18(12)14(20)13-10-16-19(17-13)11-5-2-1-3-6-11;/h1-3,5-6,10,12H,4,7-9,15H2;1H. The van der Waals surface area contributed by atoms with E-state index >= 15 is 0 Å². The van der Waals surface area contributed by atoms with E-state index in [1.54, 1.807) is 4.90 Å². The van der Waals surface area contributed by atoms with Crippen LogP contribution >= 0.6 is 12.4 Å². The molecule has 0 bridgehead atoms. The third-order valence-electron chi connectivity index (χ3n) is 3.61. The summed E-state index contributed by atoms with van der Waals surface area (Å²) in [4.78, 5) is 15.7. The molecule has 2 aromatic rings. The molecule has 0 spiro atoms. The summed E-state index contributed by atoms with van der Waals surface area (Å²) in [6.45, 7) is 1.25. The Morgan fingerprint density at radius 2 is 2.10 bits per heavy atom. The van der Waals surface area contributed by atoms with E-state index < -0.39 is 0 Å². The Balaban J connectivity index is 0.00000161. The van der Waals surface area contributed by atoms with E-state index in [1.165, 1.54) is 11.0 Å². The molecule has 1 aromatic carbocycles. The maximum atomic E-state index is 12.4. The first-order valence-electron chi connectivity index (χ1n) is 6.78. The Labute approximate surface area is 129 Å². The summed E-state index contributed by atoms with van der Waals surface area (Å²) >= 11 is 0. The smallest absolute Gasteiger partial charge is 0.276 e. The second-order valence-corrected chi connectivity index (χ2v) is 4.89. The summed E-state index contributed by atoms with van der Waals surface area (Å²) in [6.07, 6.45) is 3.48. The number of amides is 1. The molecular formula is C14H18ClN5O. The van der Waals surface area contributed by atoms with Crippen molar-refractivity contribution in [2.45, 2.75) is 18.9 Å². The average molecular weight is 308 g/mol. The minimum atomic E-state index is -0.0832. The second-order valence-electron chi connectivity index (χ2n) is 4.89. The van der Waals surface area contributed by atoms with E-state index in [1.807, 2.05) is 30.3 Å². The summed E-state index contributed by atoms with van der Waals surface area (Å²) in [5, 5.41) is 8.42. The highest BCUT2D eigenvalue weighted by Crippen LogP contribution is 2.18. The van der Waals surface area contributed by atoms with Gasteiger partial charge in [-0.25, -0.2) is 0 Å². The van der Waals surface area contributed by atoms with Crippen molar-refractivity contribution >= 4 is 18.3 Å². The van der Waals surface area contributed by atoms with Crippen LogP contribution in [-0.4, -0.2) is 44.9 Å².